The monoisotopic (exact) mass is 345 g/mol. The lowest BCUT2D eigenvalue weighted by Gasteiger charge is -2.10. The first-order valence-electron chi connectivity index (χ1n) is 7.40. The van der Waals surface area contributed by atoms with Gasteiger partial charge in [-0.05, 0) is 49.7 Å². The van der Waals surface area contributed by atoms with Gasteiger partial charge in [-0.3, -0.25) is 4.72 Å². The fraction of sp³-hybridized carbons (Fsp3) is 0.167. The molecule has 0 amide bonds. The molecule has 0 aliphatic heterocycles. The van der Waals surface area contributed by atoms with E-state index in [9.17, 15) is 13.2 Å². The van der Waals surface area contributed by atoms with E-state index >= 15 is 0 Å². The van der Waals surface area contributed by atoms with E-state index in [2.05, 4.69) is 4.72 Å². The van der Waals surface area contributed by atoms with Crippen LogP contribution in [-0.2, 0) is 14.8 Å². The van der Waals surface area contributed by atoms with E-state index in [0.717, 1.165) is 5.56 Å². The van der Waals surface area contributed by atoms with Crippen molar-refractivity contribution in [2.45, 2.75) is 18.7 Å². The summed E-state index contributed by atoms with van der Waals surface area (Å²) in [5.74, 6) is -0.569. The van der Waals surface area contributed by atoms with Crippen LogP contribution >= 0.6 is 0 Å². The molecule has 0 atom stereocenters. The fourth-order valence-electron chi connectivity index (χ4n) is 2.02. The quantitative estimate of drug-likeness (QED) is 0.642. The molecule has 24 heavy (non-hydrogen) atoms. The Morgan fingerprint density at radius 1 is 1.17 bits per heavy atom. The summed E-state index contributed by atoms with van der Waals surface area (Å²) in [4.78, 5) is 11.9. The summed E-state index contributed by atoms with van der Waals surface area (Å²) in [5.41, 5.74) is 1.60. The van der Waals surface area contributed by atoms with Crippen molar-refractivity contribution >= 4 is 21.7 Å². The van der Waals surface area contributed by atoms with Crippen molar-refractivity contribution in [3.8, 4) is 0 Å². The molecule has 0 saturated carbocycles. The van der Waals surface area contributed by atoms with Crippen LogP contribution in [0.1, 0.15) is 22.8 Å². The van der Waals surface area contributed by atoms with Crippen LogP contribution in [0.4, 0.5) is 5.69 Å². The van der Waals surface area contributed by atoms with Crippen LogP contribution in [0, 0.1) is 6.92 Å². The van der Waals surface area contributed by atoms with Crippen molar-refractivity contribution in [3.05, 3.63) is 71.8 Å². The first-order valence-corrected chi connectivity index (χ1v) is 8.88. The van der Waals surface area contributed by atoms with Gasteiger partial charge in [0.2, 0.25) is 0 Å². The molecule has 5 nitrogen and oxygen atoms in total. The van der Waals surface area contributed by atoms with Crippen LogP contribution in [0.3, 0.4) is 0 Å². The standard InChI is InChI=1S/C18H19NO4S/c1-3-4-11-23-18(20)15-8-6-10-17(13-15)24(21,22)19-16-9-5-7-14(2)12-16/h3-10,12-13,19H,11H2,1-2H3/b4-3+. The van der Waals surface area contributed by atoms with Crippen LogP contribution in [0.15, 0.2) is 65.6 Å². The second-order valence-electron chi connectivity index (χ2n) is 5.17. The minimum Gasteiger partial charge on any atom is -0.458 e. The Morgan fingerprint density at radius 2 is 1.92 bits per heavy atom. The van der Waals surface area contributed by atoms with Gasteiger partial charge >= 0.3 is 5.97 Å². The lowest BCUT2D eigenvalue weighted by atomic mass is 10.2. The Balaban J connectivity index is 2.21. The van der Waals surface area contributed by atoms with Crippen molar-refractivity contribution in [1.82, 2.24) is 0 Å². The van der Waals surface area contributed by atoms with E-state index in [0.29, 0.717) is 5.69 Å². The van der Waals surface area contributed by atoms with Crippen molar-refractivity contribution in [3.63, 3.8) is 0 Å². The van der Waals surface area contributed by atoms with Gasteiger partial charge in [-0.15, -0.1) is 0 Å². The first kappa shape index (κ1) is 17.7. The van der Waals surface area contributed by atoms with Gasteiger partial charge in [0.1, 0.15) is 6.61 Å². The molecular weight excluding hydrogens is 326 g/mol. The van der Waals surface area contributed by atoms with E-state index in [-0.39, 0.29) is 17.1 Å². The number of nitrogens with one attached hydrogen (secondary N) is 1. The molecule has 0 saturated heterocycles. The number of esters is 1. The molecule has 6 heteroatoms. The molecule has 0 spiro atoms. The van der Waals surface area contributed by atoms with Crippen LogP contribution in [0.5, 0.6) is 0 Å². The summed E-state index contributed by atoms with van der Waals surface area (Å²) in [7, 11) is -3.78. The van der Waals surface area contributed by atoms with Crippen molar-refractivity contribution in [2.75, 3.05) is 11.3 Å². The highest BCUT2D eigenvalue weighted by Gasteiger charge is 2.17. The number of rotatable bonds is 6. The van der Waals surface area contributed by atoms with Crippen LogP contribution in [0.25, 0.3) is 0 Å². The number of carbonyl (C=O) groups is 1. The third-order valence-electron chi connectivity index (χ3n) is 3.20. The molecular formula is C18H19NO4S. The number of sulfonamides is 1. The summed E-state index contributed by atoms with van der Waals surface area (Å²) >= 11 is 0. The normalized spacial score (nSPS) is 11.4. The molecule has 0 unspecified atom stereocenters. The molecule has 0 aliphatic rings. The molecule has 0 radical (unpaired) electrons. The van der Waals surface area contributed by atoms with Gasteiger partial charge in [-0.1, -0.05) is 30.4 Å². The maximum absolute atomic E-state index is 12.5. The molecule has 2 aromatic carbocycles. The Bertz CT molecular complexity index is 857. The molecule has 0 fully saturated rings. The SMILES string of the molecule is C/C=C/COC(=O)c1cccc(S(=O)(=O)Nc2cccc(C)c2)c1. The summed E-state index contributed by atoms with van der Waals surface area (Å²) in [6, 6.07) is 12.8. The highest BCUT2D eigenvalue weighted by molar-refractivity contribution is 7.92. The number of benzene rings is 2. The van der Waals surface area contributed by atoms with Gasteiger partial charge in [0.15, 0.2) is 0 Å². The zero-order chi connectivity index (χ0) is 17.6. The minimum absolute atomic E-state index is 0.00416. The molecule has 0 aromatic heterocycles. The molecule has 126 valence electrons. The van der Waals surface area contributed by atoms with E-state index in [1.807, 2.05) is 19.9 Å². The van der Waals surface area contributed by atoms with E-state index in [4.69, 9.17) is 4.74 Å². The number of allylic oxidation sites excluding steroid dienone is 1. The number of carbonyl (C=O) groups excluding carboxylic acids is 1. The number of anilines is 1. The zero-order valence-electron chi connectivity index (χ0n) is 13.5. The first-order chi connectivity index (χ1) is 11.4. The van der Waals surface area contributed by atoms with Gasteiger partial charge in [-0.2, -0.15) is 0 Å². The van der Waals surface area contributed by atoms with Gasteiger partial charge in [0, 0.05) is 5.69 Å². The molecule has 2 aromatic rings. The van der Waals surface area contributed by atoms with E-state index < -0.39 is 16.0 Å². The Kier molecular flexibility index (Phi) is 5.76. The van der Waals surface area contributed by atoms with Crippen LogP contribution in [-0.4, -0.2) is 21.0 Å². The van der Waals surface area contributed by atoms with Gasteiger partial charge in [0.05, 0.1) is 10.5 Å². The number of hydrogen-bond acceptors (Lipinski definition) is 4. The maximum Gasteiger partial charge on any atom is 0.338 e. The number of hydrogen-bond donors (Lipinski definition) is 1. The molecule has 1 N–H and O–H groups in total. The zero-order valence-corrected chi connectivity index (χ0v) is 14.3. The molecule has 0 bridgehead atoms. The highest BCUT2D eigenvalue weighted by Crippen LogP contribution is 2.18. The lowest BCUT2D eigenvalue weighted by molar-refractivity contribution is 0.0549. The Labute approximate surface area is 142 Å². The molecule has 0 heterocycles. The minimum atomic E-state index is -3.78. The average molecular weight is 345 g/mol. The van der Waals surface area contributed by atoms with Crippen molar-refractivity contribution < 1.29 is 17.9 Å². The Morgan fingerprint density at radius 3 is 2.62 bits per heavy atom. The lowest BCUT2D eigenvalue weighted by Crippen LogP contribution is -2.14. The third-order valence-corrected chi connectivity index (χ3v) is 4.58. The van der Waals surface area contributed by atoms with Crippen LogP contribution in [0.2, 0.25) is 0 Å². The second kappa shape index (κ2) is 7.79. The van der Waals surface area contributed by atoms with Gasteiger partial charge in [-0.25, -0.2) is 13.2 Å². The maximum atomic E-state index is 12.5. The predicted octanol–water partition coefficient (Wildman–Crippen LogP) is 3.53. The van der Waals surface area contributed by atoms with E-state index in [1.54, 1.807) is 30.4 Å². The van der Waals surface area contributed by atoms with Crippen molar-refractivity contribution in [2.24, 2.45) is 0 Å². The third kappa shape index (κ3) is 4.70. The van der Waals surface area contributed by atoms with E-state index in [1.165, 1.54) is 24.3 Å². The molecule has 0 aliphatic carbocycles. The van der Waals surface area contributed by atoms with Crippen molar-refractivity contribution in [1.29, 1.82) is 0 Å². The Hall–Kier alpha value is -2.60. The number of ether oxygens (including phenoxy) is 1. The number of aryl methyl sites for hydroxylation is 1. The second-order valence-corrected chi connectivity index (χ2v) is 6.85. The predicted molar refractivity (Wildman–Crippen MR) is 93.5 cm³/mol. The van der Waals surface area contributed by atoms with Gasteiger partial charge in [0.25, 0.3) is 10.0 Å². The molecule has 2 rings (SSSR count). The smallest absolute Gasteiger partial charge is 0.338 e. The summed E-state index contributed by atoms with van der Waals surface area (Å²) in [6.45, 7) is 3.84. The highest BCUT2D eigenvalue weighted by atomic mass is 32.2. The summed E-state index contributed by atoms with van der Waals surface area (Å²) in [6.07, 6.45) is 3.46. The topological polar surface area (TPSA) is 72.5 Å². The fourth-order valence-corrected chi connectivity index (χ4v) is 3.11. The average Bonchev–Trinajstić information content (AvgIpc) is 2.55. The largest absolute Gasteiger partial charge is 0.458 e. The van der Waals surface area contributed by atoms with Crippen LogP contribution < -0.4 is 4.72 Å². The summed E-state index contributed by atoms with van der Waals surface area (Å²) < 4.78 is 32.5. The summed E-state index contributed by atoms with van der Waals surface area (Å²) in [5, 5.41) is 0. The van der Waals surface area contributed by atoms with Gasteiger partial charge < -0.3 is 4.74 Å².